The maximum Gasteiger partial charge on any atom is 0.187 e. The van der Waals surface area contributed by atoms with E-state index in [1.54, 1.807) is 0 Å². The average Bonchev–Trinajstić information content (AvgIpc) is 2.58. The standard InChI is InChI=1S/C20H29N3/c1-21-19-9-11-20(12-10-19)23-15-13-22(14-16-23)17-18-7-5-3-2-4-6-8-18/h9-12,18H,2-8,13-17H2. The summed E-state index contributed by atoms with van der Waals surface area (Å²) in [5.74, 6) is 0.930. The first kappa shape index (κ1) is 16.3. The highest BCUT2D eigenvalue weighted by molar-refractivity contribution is 5.55. The zero-order valence-corrected chi connectivity index (χ0v) is 14.2. The van der Waals surface area contributed by atoms with E-state index in [0.717, 1.165) is 24.7 Å². The highest BCUT2D eigenvalue weighted by Crippen LogP contribution is 2.25. The topological polar surface area (TPSA) is 10.8 Å². The molecular formula is C20H29N3. The van der Waals surface area contributed by atoms with Crippen LogP contribution in [0.5, 0.6) is 0 Å². The van der Waals surface area contributed by atoms with Crippen LogP contribution in [0.2, 0.25) is 0 Å². The fraction of sp³-hybridized carbons (Fsp3) is 0.650. The van der Waals surface area contributed by atoms with Crippen LogP contribution in [-0.2, 0) is 0 Å². The minimum atomic E-state index is 0.733. The summed E-state index contributed by atoms with van der Waals surface area (Å²) in [4.78, 5) is 8.61. The predicted octanol–water partition coefficient (Wildman–Crippen LogP) is 4.72. The second kappa shape index (κ2) is 8.36. The van der Waals surface area contributed by atoms with E-state index in [9.17, 15) is 0 Å². The van der Waals surface area contributed by atoms with Gasteiger partial charge in [0.05, 0.1) is 6.57 Å². The molecule has 1 aliphatic heterocycles. The zero-order valence-electron chi connectivity index (χ0n) is 14.2. The lowest BCUT2D eigenvalue weighted by atomic mass is 9.90. The Hall–Kier alpha value is -1.53. The van der Waals surface area contributed by atoms with Crippen LogP contribution in [0.4, 0.5) is 11.4 Å². The van der Waals surface area contributed by atoms with Gasteiger partial charge in [-0.25, -0.2) is 4.85 Å². The van der Waals surface area contributed by atoms with E-state index < -0.39 is 0 Å². The van der Waals surface area contributed by atoms with Crippen LogP contribution in [0, 0.1) is 12.5 Å². The Bertz CT molecular complexity index is 501. The molecule has 1 heterocycles. The van der Waals surface area contributed by atoms with Gasteiger partial charge >= 0.3 is 0 Å². The van der Waals surface area contributed by atoms with Gasteiger partial charge in [-0.15, -0.1) is 0 Å². The predicted molar refractivity (Wildman–Crippen MR) is 97.2 cm³/mol. The molecule has 124 valence electrons. The highest BCUT2D eigenvalue weighted by atomic mass is 15.3. The maximum atomic E-state index is 7.04. The molecule has 1 saturated carbocycles. The van der Waals surface area contributed by atoms with Crippen molar-refractivity contribution in [2.45, 2.75) is 44.9 Å². The second-order valence-electron chi connectivity index (χ2n) is 7.13. The Morgan fingerprint density at radius 2 is 1.48 bits per heavy atom. The van der Waals surface area contributed by atoms with Gasteiger partial charge in [-0.1, -0.05) is 44.2 Å². The van der Waals surface area contributed by atoms with Crippen molar-refractivity contribution in [3.8, 4) is 0 Å². The van der Waals surface area contributed by atoms with Crippen LogP contribution in [0.3, 0.4) is 0 Å². The third-order valence-electron chi connectivity index (χ3n) is 5.46. The van der Waals surface area contributed by atoms with Crippen molar-refractivity contribution in [3.05, 3.63) is 35.7 Å². The minimum Gasteiger partial charge on any atom is -0.369 e. The van der Waals surface area contributed by atoms with Gasteiger partial charge in [-0.05, 0) is 30.9 Å². The molecule has 23 heavy (non-hydrogen) atoms. The monoisotopic (exact) mass is 311 g/mol. The van der Waals surface area contributed by atoms with Crippen LogP contribution in [0.1, 0.15) is 44.9 Å². The van der Waals surface area contributed by atoms with Gasteiger partial charge < -0.3 is 4.90 Å². The molecule has 0 unspecified atom stereocenters. The van der Waals surface area contributed by atoms with Gasteiger partial charge in [-0.3, -0.25) is 4.90 Å². The molecule has 1 aromatic carbocycles. The molecule has 3 heteroatoms. The summed E-state index contributed by atoms with van der Waals surface area (Å²) in [7, 11) is 0. The normalized spacial score (nSPS) is 21.4. The molecule has 0 spiro atoms. The number of piperazine rings is 1. The molecule has 0 radical (unpaired) electrons. The molecule has 2 aliphatic rings. The van der Waals surface area contributed by atoms with Crippen LogP contribution >= 0.6 is 0 Å². The minimum absolute atomic E-state index is 0.733. The smallest absolute Gasteiger partial charge is 0.187 e. The number of hydrogen-bond acceptors (Lipinski definition) is 2. The summed E-state index contributed by atoms with van der Waals surface area (Å²) in [5.41, 5.74) is 2.00. The fourth-order valence-electron chi connectivity index (χ4n) is 4.02. The Labute approximate surface area is 141 Å². The first-order valence-electron chi connectivity index (χ1n) is 9.30. The van der Waals surface area contributed by atoms with E-state index in [1.807, 2.05) is 12.1 Å². The molecule has 1 aliphatic carbocycles. The van der Waals surface area contributed by atoms with Crippen molar-refractivity contribution < 1.29 is 0 Å². The SMILES string of the molecule is [C-]#[N+]c1ccc(N2CCN(CC3CCCCCCC3)CC2)cc1. The van der Waals surface area contributed by atoms with Gasteiger partial charge in [-0.2, -0.15) is 0 Å². The second-order valence-corrected chi connectivity index (χ2v) is 7.13. The molecule has 1 saturated heterocycles. The van der Waals surface area contributed by atoms with E-state index >= 15 is 0 Å². The third kappa shape index (κ3) is 4.72. The highest BCUT2D eigenvalue weighted by Gasteiger charge is 2.20. The van der Waals surface area contributed by atoms with Gasteiger partial charge in [0.25, 0.3) is 0 Å². The van der Waals surface area contributed by atoms with Gasteiger partial charge in [0.1, 0.15) is 0 Å². The molecule has 3 nitrogen and oxygen atoms in total. The summed E-state index contributed by atoms with van der Waals surface area (Å²) < 4.78 is 0. The van der Waals surface area contributed by atoms with Gasteiger partial charge in [0.2, 0.25) is 0 Å². The molecular weight excluding hydrogens is 282 g/mol. The van der Waals surface area contributed by atoms with E-state index in [0.29, 0.717) is 0 Å². The summed E-state index contributed by atoms with van der Waals surface area (Å²) in [6, 6.07) is 8.06. The molecule has 1 aromatic rings. The summed E-state index contributed by atoms with van der Waals surface area (Å²) in [6.07, 6.45) is 10.1. The summed E-state index contributed by atoms with van der Waals surface area (Å²) >= 11 is 0. The van der Waals surface area contributed by atoms with Crippen molar-refractivity contribution in [2.24, 2.45) is 5.92 Å². The van der Waals surface area contributed by atoms with Crippen LogP contribution in [0.15, 0.2) is 24.3 Å². The van der Waals surface area contributed by atoms with Crippen molar-refractivity contribution in [1.82, 2.24) is 4.90 Å². The lowest BCUT2D eigenvalue weighted by Gasteiger charge is -2.38. The third-order valence-corrected chi connectivity index (χ3v) is 5.46. The van der Waals surface area contributed by atoms with Crippen molar-refractivity contribution in [1.29, 1.82) is 0 Å². The first-order valence-corrected chi connectivity index (χ1v) is 9.30. The average molecular weight is 311 g/mol. The van der Waals surface area contributed by atoms with E-state index in [2.05, 4.69) is 26.8 Å². The fourth-order valence-corrected chi connectivity index (χ4v) is 4.02. The molecule has 0 aromatic heterocycles. The molecule has 3 rings (SSSR count). The lowest BCUT2D eigenvalue weighted by Crippen LogP contribution is -2.47. The van der Waals surface area contributed by atoms with E-state index in [4.69, 9.17) is 6.57 Å². The van der Waals surface area contributed by atoms with E-state index in [-0.39, 0.29) is 0 Å². The lowest BCUT2D eigenvalue weighted by molar-refractivity contribution is 0.199. The van der Waals surface area contributed by atoms with Crippen LogP contribution in [0.25, 0.3) is 4.85 Å². The molecule has 0 N–H and O–H groups in total. The van der Waals surface area contributed by atoms with E-state index in [1.165, 1.54) is 70.3 Å². The Kier molecular flexibility index (Phi) is 5.93. The summed E-state index contributed by atoms with van der Waals surface area (Å²) in [6.45, 7) is 12.9. The molecule has 0 amide bonds. The quantitative estimate of drug-likeness (QED) is 0.748. The number of rotatable bonds is 3. The molecule has 0 bridgehead atoms. The molecule has 2 fully saturated rings. The van der Waals surface area contributed by atoms with Gasteiger partial charge in [0, 0.05) is 38.4 Å². The van der Waals surface area contributed by atoms with Crippen molar-refractivity contribution in [2.75, 3.05) is 37.6 Å². The summed E-state index contributed by atoms with van der Waals surface area (Å²) in [5, 5.41) is 0. The largest absolute Gasteiger partial charge is 0.369 e. The zero-order chi connectivity index (χ0) is 15.9. The van der Waals surface area contributed by atoms with Crippen molar-refractivity contribution >= 4 is 11.4 Å². The number of hydrogen-bond donors (Lipinski definition) is 0. The number of nitrogens with zero attached hydrogens (tertiary/aromatic N) is 3. The van der Waals surface area contributed by atoms with Crippen LogP contribution in [-0.4, -0.2) is 37.6 Å². The Morgan fingerprint density at radius 1 is 0.870 bits per heavy atom. The Morgan fingerprint density at radius 3 is 2.09 bits per heavy atom. The van der Waals surface area contributed by atoms with Crippen molar-refractivity contribution in [3.63, 3.8) is 0 Å². The first-order chi connectivity index (χ1) is 11.3. The number of benzene rings is 1. The molecule has 0 atom stereocenters. The van der Waals surface area contributed by atoms with Crippen LogP contribution < -0.4 is 4.90 Å². The van der Waals surface area contributed by atoms with Gasteiger partial charge in [0.15, 0.2) is 5.69 Å². The maximum absolute atomic E-state index is 7.04. The Balaban J connectivity index is 1.46. The number of anilines is 1.